The number of hydrogen-bond donors (Lipinski definition) is 2. The second kappa shape index (κ2) is 4.57. The Bertz CT molecular complexity index is 281. The topological polar surface area (TPSA) is 50.1 Å². The average molecular weight is 197 g/mol. The summed E-state index contributed by atoms with van der Waals surface area (Å²) < 4.78 is 1.85. The van der Waals surface area contributed by atoms with Crippen LogP contribution in [0.15, 0.2) is 12.3 Å². The first-order valence-electron chi connectivity index (χ1n) is 4.88. The van der Waals surface area contributed by atoms with E-state index in [1.165, 1.54) is 0 Å². The normalized spacial score (nSPS) is 12.0. The Morgan fingerprint density at radius 1 is 1.57 bits per heavy atom. The van der Waals surface area contributed by atoms with Crippen molar-refractivity contribution >= 4 is 0 Å². The summed E-state index contributed by atoms with van der Waals surface area (Å²) in [7, 11) is 1.93. The maximum atomic E-state index is 8.86. The molecular formula is C10H19N3O. The molecular weight excluding hydrogens is 178 g/mol. The fraction of sp³-hybridized carbons (Fsp3) is 0.700. The molecule has 0 bridgehead atoms. The van der Waals surface area contributed by atoms with E-state index in [9.17, 15) is 0 Å². The van der Waals surface area contributed by atoms with Crippen LogP contribution >= 0.6 is 0 Å². The second-order valence-corrected chi connectivity index (χ2v) is 4.16. The van der Waals surface area contributed by atoms with Crippen LogP contribution in [0.3, 0.4) is 0 Å². The smallest absolute Gasteiger partial charge is 0.0518 e. The minimum atomic E-state index is -0.0288. The standard InChI is InChI=1S/C10H19N3O/c1-10(2,5-7-14)11-8-9-4-6-12-13(9)3/h4,6,11,14H,5,7-8H2,1-3H3. The Labute approximate surface area is 84.9 Å². The van der Waals surface area contributed by atoms with Gasteiger partial charge in [0.05, 0.1) is 5.69 Å². The van der Waals surface area contributed by atoms with Gasteiger partial charge in [-0.25, -0.2) is 0 Å². The van der Waals surface area contributed by atoms with Crippen LogP contribution in [0, 0.1) is 0 Å². The van der Waals surface area contributed by atoms with Crippen LogP contribution in [-0.4, -0.2) is 27.0 Å². The fourth-order valence-electron chi connectivity index (χ4n) is 1.27. The van der Waals surface area contributed by atoms with Gasteiger partial charge in [0.25, 0.3) is 0 Å². The molecule has 80 valence electrons. The van der Waals surface area contributed by atoms with E-state index in [0.717, 1.165) is 18.7 Å². The van der Waals surface area contributed by atoms with E-state index in [4.69, 9.17) is 5.11 Å². The van der Waals surface area contributed by atoms with Gasteiger partial charge in [-0.3, -0.25) is 4.68 Å². The molecule has 1 aromatic heterocycles. The number of nitrogens with one attached hydrogen (secondary N) is 1. The Morgan fingerprint density at radius 3 is 2.79 bits per heavy atom. The lowest BCUT2D eigenvalue weighted by atomic mass is 10.0. The molecule has 0 aromatic carbocycles. The summed E-state index contributed by atoms with van der Waals surface area (Å²) in [4.78, 5) is 0. The molecule has 0 aliphatic carbocycles. The van der Waals surface area contributed by atoms with E-state index in [0.29, 0.717) is 0 Å². The van der Waals surface area contributed by atoms with Crippen molar-refractivity contribution in [2.45, 2.75) is 32.4 Å². The van der Waals surface area contributed by atoms with E-state index < -0.39 is 0 Å². The Kier molecular flexibility index (Phi) is 3.66. The molecule has 1 aromatic rings. The van der Waals surface area contributed by atoms with Crippen molar-refractivity contribution in [1.29, 1.82) is 0 Å². The van der Waals surface area contributed by atoms with Gasteiger partial charge < -0.3 is 10.4 Å². The van der Waals surface area contributed by atoms with Crippen molar-refractivity contribution < 1.29 is 5.11 Å². The molecule has 14 heavy (non-hydrogen) atoms. The molecule has 1 rings (SSSR count). The minimum Gasteiger partial charge on any atom is -0.396 e. The first kappa shape index (κ1) is 11.2. The molecule has 0 fully saturated rings. The highest BCUT2D eigenvalue weighted by molar-refractivity contribution is 5.00. The van der Waals surface area contributed by atoms with Crippen LogP contribution in [0.2, 0.25) is 0 Å². The Hall–Kier alpha value is -0.870. The van der Waals surface area contributed by atoms with E-state index in [1.54, 1.807) is 6.20 Å². The number of aryl methyl sites for hydroxylation is 1. The summed E-state index contributed by atoms with van der Waals surface area (Å²) in [6.45, 7) is 5.16. The molecule has 2 N–H and O–H groups in total. The van der Waals surface area contributed by atoms with Gasteiger partial charge in [-0.15, -0.1) is 0 Å². The summed E-state index contributed by atoms with van der Waals surface area (Å²) in [5, 5.41) is 16.3. The third-order valence-electron chi connectivity index (χ3n) is 2.41. The Balaban J connectivity index is 2.44. The predicted octanol–water partition coefficient (Wildman–Crippen LogP) is 0.671. The molecule has 4 nitrogen and oxygen atoms in total. The van der Waals surface area contributed by atoms with Gasteiger partial charge >= 0.3 is 0 Å². The summed E-state index contributed by atoms with van der Waals surface area (Å²) >= 11 is 0. The monoisotopic (exact) mass is 197 g/mol. The molecule has 0 amide bonds. The van der Waals surface area contributed by atoms with Crippen molar-refractivity contribution in [3.63, 3.8) is 0 Å². The third kappa shape index (κ3) is 3.12. The van der Waals surface area contributed by atoms with E-state index >= 15 is 0 Å². The maximum Gasteiger partial charge on any atom is 0.0518 e. The highest BCUT2D eigenvalue weighted by Gasteiger charge is 2.16. The van der Waals surface area contributed by atoms with Crippen molar-refractivity contribution in [3.8, 4) is 0 Å². The van der Waals surface area contributed by atoms with Crippen LogP contribution in [0.5, 0.6) is 0 Å². The average Bonchev–Trinajstić information content (AvgIpc) is 2.48. The van der Waals surface area contributed by atoms with Crippen molar-refractivity contribution in [2.75, 3.05) is 6.61 Å². The fourth-order valence-corrected chi connectivity index (χ4v) is 1.27. The number of aromatic nitrogens is 2. The number of nitrogens with zero attached hydrogens (tertiary/aromatic N) is 2. The lowest BCUT2D eigenvalue weighted by Crippen LogP contribution is -2.39. The number of hydrogen-bond acceptors (Lipinski definition) is 3. The zero-order valence-electron chi connectivity index (χ0n) is 9.12. The molecule has 4 heteroatoms. The summed E-state index contributed by atoms with van der Waals surface area (Å²) in [6.07, 6.45) is 2.54. The summed E-state index contributed by atoms with van der Waals surface area (Å²) in [5.41, 5.74) is 1.12. The first-order valence-corrected chi connectivity index (χ1v) is 4.88. The van der Waals surface area contributed by atoms with Crippen LogP contribution in [0.1, 0.15) is 26.0 Å². The predicted molar refractivity (Wildman–Crippen MR) is 55.8 cm³/mol. The van der Waals surface area contributed by atoms with Gasteiger partial charge in [-0.1, -0.05) is 0 Å². The number of aliphatic hydroxyl groups is 1. The number of rotatable bonds is 5. The first-order chi connectivity index (χ1) is 6.55. The van der Waals surface area contributed by atoms with E-state index in [2.05, 4.69) is 24.3 Å². The highest BCUT2D eigenvalue weighted by Crippen LogP contribution is 2.08. The Morgan fingerprint density at radius 2 is 2.29 bits per heavy atom. The van der Waals surface area contributed by atoms with Gasteiger partial charge in [-0.2, -0.15) is 5.10 Å². The largest absolute Gasteiger partial charge is 0.396 e. The minimum absolute atomic E-state index is 0.0288. The molecule has 0 saturated heterocycles. The van der Waals surface area contributed by atoms with Gasteiger partial charge in [-0.05, 0) is 26.3 Å². The SMILES string of the molecule is Cn1nccc1CNC(C)(C)CCO. The lowest BCUT2D eigenvalue weighted by molar-refractivity contribution is 0.229. The quantitative estimate of drug-likeness (QED) is 0.729. The highest BCUT2D eigenvalue weighted by atomic mass is 16.3. The van der Waals surface area contributed by atoms with Crippen LogP contribution < -0.4 is 5.32 Å². The van der Waals surface area contributed by atoms with Crippen molar-refractivity contribution in [1.82, 2.24) is 15.1 Å². The summed E-state index contributed by atoms with van der Waals surface area (Å²) in [5.74, 6) is 0. The molecule has 0 radical (unpaired) electrons. The van der Waals surface area contributed by atoms with Crippen LogP contribution in [0.25, 0.3) is 0 Å². The molecule has 1 heterocycles. The van der Waals surface area contributed by atoms with Crippen molar-refractivity contribution in [3.05, 3.63) is 18.0 Å². The molecule has 0 atom stereocenters. The van der Waals surface area contributed by atoms with Crippen molar-refractivity contribution in [2.24, 2.45) is 7.05 Å². The van der Waals surface area contributed by atoms with Crippen LogP contribution in [-0.2, 0) is 13.6 Å². The zero-order valence-corrected chi connectivity index (χ0v) is 9.12. The van der Waals surface area contributed by atoms with Crippen LogP contribution in [0.4, 0.5) is 0 Å². The molecule has 0 unspecified atom stereocenters. The van der Waals surface area contributed by atoms with Gasteiger partial charge in [0.15, 0.2) is 0 Å². The summed E-state index contributed by atoms with van der Waals surface area (Å²) in [6, 6.07) is 1.99. The molecule has 0 saturated carbocycles. The van der Waals surface area contributed by atoms with Gasteiger partial charge in [0.2, 0.25) is 0 Å². The second-order valence-electron chi connectivity index (χ2n) is 4.16. The molecule has 0 aliphatic rings. The maximum absolute atomic E-state index is 8.86. The third-order valence-corrected chi connectivity index (χ3v) is 2.41. The van der Waals surface area contributed by atoms with Gasteiger partial charge in [0, 0.05) is 31.9 Å². The van der Waals surface area contributed by atoms with E-state index in [-0.39, 0.29) is 12.1 Å². The molecule has 0 spiro atoms. The van der Waals surface area contributed by atoms with E-state index in [1.807, 2.05) is 17.8 Å². The van der Waals surface area contributed by atoms with Gasteiger partial charge in [0.1, 0.15) is 0 Å². The molecule has 0 aliphatic heterocycles. The number of aliphatic hydroxyl groups excluding tert-OH is 1. The lowest BCUT2D eigenvalue weighted by Gasteiger charge is -2.25. The zero-order chi connectivity index (χ0) is 10.6.